The van der Waals surface area contributed by atoms with Crippen LogP contribution in [-0.4, -0.2) is 26.0 Å². The summed E-state index contributed by atoms with van der Waals surface area (Å²) in [5, 5.41) is 13.7. The molecular weight excluding hydrogens is 246 g/mol. The maximum atomic E-state index is 10.5. The van der Waals surface area contributed by atoms with E-state index in [0.29, 0.717) is 0 Å². The fraction of sp³-hybridized carbons (Fsp3) is 0. The number of carbonyl (C=O) groups is 1. The summed E-state index contributed by atoms with van der Waals surface area (Å²) in [7, 11) is 0. The number of nitrogens with zero attached hydrogens (tertiary/aromatic N) is 3. The molecule has 2 aromatic heterocycles. The molecular formula is C13H9N3O3. The predicted octanol–water partition coefficient (Wildman–Crippen LogP) is 2.48. The van der Waals surface area contributed by atoms with Crippen LogP contribution in [0.3, 0.4) is 0 Å². The van der Waals surface area contributed by atoms with E-state index >= 15 is 0 Å². The third kappa shape index (κ3) is 2.23. The van der Waals surface area contributed by atoms with Gasteiger partial charge in [0.2, 0.25) is 0 Å². The van der Waals surface area contributed by atoms with Gasteiger partial charge in [0.1, 0.15) is 5.75 Å². The van der Waals surface area contributed by atoms with Crippen LogP contribution < -0.4 is 4.74 Å². The molecule has 2 heterocycles. The topological polar surface area (TPSA) is 77.2 Å². The van der Waals surface area contributed by atoms with Gasteiger partial charge in [-0.2, -0.15) is 5.10 Å². The molecule has 0 unspecified atom stereocenters. The van der Waals surface area contributed by atoms with Crippen LogP contribution in [0, 0.1) is 0 Å². The monoisotopic (exact) mass is 255 g/mol. The molecule has 19 heavy (non-hydrogen) atoms. The lowest BCUT2D eigenvalue weighted by molar-refractivity contribution is 0.144. The molecule has 1 N–H and O–H groups in total. The number of pyridine rings is 1. The van der Waals surface area contributed by atoms with Crippen molar-refractivity contribution in [1.29, 1.82) is 0 Å². The van der Waals surface area contributed by atoms with E-state index in [1.165, 1.54) is 0 Å². The molecule has 6 nitrogen and oxygen atoms in total. The first-order chi connectivity index (χ1) is 9.22. The van der Waals surface area contributed by atoms with Crippen molar-refractivity contribution in [2.24, 2.45) is 0 Å². The molecule has 0 atom stereocenters. The molecule has 3 aromatic rings. The molecule has 6 heteroatoms. The lowest BCUT2D eigenvalue weighted by atomic mass is 10.2. The smallest absolute Gasteiger partial charge is 0.449 e. The van der Waals surface area contributed by atoms with Crippen molar-refractivity contribution in [3.63, 3.8) is 0 Å². The molecule has 0 radical (unpaired) electrons. The predicted molar refractivity (Wildman–Crippen MR) is 67.5 cm³/mol. The number of rotatable bonds is 2. The van der Waals surface area contributed by atoms with E-state index in [0.717, 1.165) is 16.6 Å². The Kier molecular flexibility index (Phi) is 2.60. The van der Waals surface area contributed by atoms with Crippen molar-refractivity contribution >= 4 is 17.1 Å². The van der Waals surface area contributed by atoms with Gasteiger partial charge in [-0.1, -0.05) is 0 Å². The van der Waals surface area contributed by atoms with Crippen molar-refractivity contribution in [2.75, 3.05) is 0 Å². The quantitative estimate of drug-likeness (QED) is 0.562. The molecule has 3 rings (SSSR count). The zero-order chi connectivity index (χ0) is 13.2. The molecule has 0 aliphatic rings. The third-order valence-electron chi connectivity index (χ3n) is 2.59. The minimum Gasteiger partial charge on any atom is -0.449 e. The van der Waals surface area contributed by atoms with E-state index in [2.05, 4.69) is 14.8 Å². The van der Waals surface area contributed by atoms with Crippen molar-refractivity contribution in [3.8, 4) is 11.4 Å². The Hall–Kier alpha value is -2.89. The number of fused-ring (bicyclic) bond motifs is 1. The molecule has 0 fully saturated rings. The molecule has 94 valence electrons. The molecule has 0 amide bonds. The molecule has 0 bridgehead atoms. The SMILES string of the molecule is O=C(O)Oc1ccc2nn(-c3cccnc3)cc2c1. The van der Waals surface area contributed by atoms with Gasteiger partial charge in [0.05, 0.1) is 17.4 Å². The van der Waals surface area contributed by atoms with Gasteiger partial charge >= 0.3 is 6.16 Å². The zero-order valence-corrected chi connectivity index (χ0v) is 9.72. The summed E-state index contributed by atoms with van der Waals surface area (Å²) in [6.45, 7) is 0. The van der Waals surface area contributed by atoms with Gasteiger partial charge in [-0.15, -0.1) is 0 Å². The minimum absolute atomic E-state index is 0.269. The van der Waals surface area contributed by atoms with Gasteiger partial charge in [0.15, 0.2) is 0 Å². The van der Waals surface area contributed by atoms with Crippen LogP contribution in [0.25, 0.3) is 16.6 Å². The largest absolute Gasteiger partial charge is 0.511 e. The Balaban J connectivity index is 2.04. The van der Waals surface area contributed by atoms with Crippen LogP contribution in [0.5, 0.6) is 5.75 Å². The maximum absolute atomic E-state index is 10.5. The van der Waals surface area contributed by atoms with E-state index in [-0.39, 0.29) is 5.75 Å². The van der Waals surface area contributed by atoms with Gasteiger partial charge in [-0.05, 0) is 30.3 Å². The highest BCUT2D eigenvalue weighted by Crippen LogP contribution is 2.21. The molecule has 1 aromatic carbocycles. The fourth-order valence-electron chi connectivity index (χ4n) is 1.79. The summed E-state index contributed by atoms with van der Waals surface area (Å²) in [5.74, 6) is 0.269. The van der Waals surface area contributed by atoms with Crippen LogP contribution in [0.4, 0.5) is 4.79 Å². The molecule has 0 aliphatic heterocycles. The van der Waals surface area contributed by atoms with Crippen LogP contribution in [0.15, 0.2) is 48.9 Å². The van der Waals surface area contributed by atoms with Gasteiger partial charge in [-0.25, -0.2) is 9.48 Å². The fourth-order valence-corrected chi connectivity index (χ4v) is 1.79. The lowest BCUT2D eigenvalue weighted by Gasteiger charge is -1.97. The van der Waals surface area contributed by atoms with Crippen molar-refractivity contribution in [1.82, 2.24) is 14.8 Å². The Morgan fingerprint density at radius 3 is 2.95 bits per heavy atom. The van der Waals surface area contributed by atoms with E-state index in [4.69, 9.17) is 5.11 Å². The molecule has 0 spiro atoms. The first-order valence-electron chi connectivity index (χ1n) is 5.53. The Morgan fingerprint density at radius 1 is 1.32 bits per heavy atom. The summed E-state index contributed by atoms with van der Waals surface area (Å²) in [6.07, 6.45) is 3.84. The van der Waals surface area contributed by atoms with Crippen molar-refractivity contribution in [3.05, 3.63) is 48.9 Å². The second-order valence-corrected chi connectivity index (χ2v) is 3.87. The first-order valence-corrected chi connectivity index (χ1v) is 5.53. The average molecular weight is 255 g/mol. The maximum Gasteiger partial charge on any atom is 0.511 e. The Morgan fingerprint density at radius 2 is 2.21 bits per heavy atom. The molecule has 0 saturated heterocycles. The number of aromatic nitrogens is 3. The highest BCUT2D eigenvalue weighted by atomic mass is 16.7. The standard InChI is InChI=1S/C13H9N3O3/c17-13(18)19-11-3-4-12-9(6-11)8-16(15-12)10-2-1-5-14-7-10/h1-8H,(H,17,18). The van der Waals surface area contributed by atoms with E-state index in [9.17, 15) is 4.79 Å². The highest BCUT2D eigenvalue weighted by molar-refractivity contribution is 5.80. The van der Waals surface area contributed by atoms with Crippen LogP contribution in [-0.2, 0) is 0 Å². The lowest BCUT2D eigenvalue weighted by Crippen LogP contribution is -2.02. The average Bonchev–Trinajstić information content (AvgIpc) is 2.82. The minimum atomic E-state index is -1.33. The van der Waals surface area contributed by atoms with Crippen molar-refractivity contribution < 1.29 is 14.6 Å². The highest BCUT2D eigenvalue weighted by Gasteiger charge is 2.06. The summed E-state index contributed by atoms with van der Waals surface area (Å²) in [4.78, 5) is 14.5. The Labute approximate surface area is 107 Å². The number of hydrogen-bond donors (Lipinski definition) is 1. The molecule has 0 saturated carbocycles. The van der Waals surface area contributed by atoms with E-state index in [1.807, 2.05) is 12.1 Å². The van der Waals surface area contributed by atoms with Gasteiger partial charge in [0, 0.05) is 17.8 Å². The molecule has 0 aliphatic carbocycles. The second kappa shape index (κ2) is 4.41. The van der Waals surface area contributed by atoms with Gasteiger partial charge in [-0.3, -0.25) is 4.98 Å². The van der Waals surface area contributed by atoms with E-state index < -0.39 is 6.16 Å². The third-order valence-corrected chi connectivity index (χ3v) is 2.59. The van der Waals surface area contributed by atoms with Gasteiger partial charge < -0.3 is 9.84 Å². The normalized spacial score (nSPS) is 10.5. The summed E-state index contributed by atoms with van der Waals surface area (Å²) >= 11 is 0. The number of benzene rings is 1. The summed E-state index contributed by atoms with van der Waals surface area (Å²) in [6, 6.07) is 8.61. The van der Waals surface area contributed by atoms with Crippen LogP contribution >= 0.6 is 0 Å². The van der Waals surface area contributed by atoms with Crippen LogP contribution in [0.1, 0.15) is 0 Å². The Bertz CT molecular complexity index is 737. The van der Waals surface area contributed by atoms with Gasteiger partial charge in [0.25, 0.3) is 0 Å². The second-order valence-electron chi connectivity index (χ2n) is 3.87. The number of hydrogen-bond acceptors (Lipinski definition) is 4. The first kappa shape index (κ1) is 11.2. The summed E-state index contributed by atoms with van der Waals surface area (Å²) < 4.78 is 6.29. The van der Waals surface area contributed by atoms with Crippen LogP contribution in [0.2, 0.25) is 0 Å². The summed E-state index contributed by atoms with van der Waals surface area (Å²) in [5.41, 5.74) is 1.58. The number of ether oxygens (including phenoxy) is 1. The number of carboxylic acid groups (broad SMARTS) is 1. The van der Waals surface area contributed by atoms with E-state index in [1.54, 1.807) is 41.5 Å². The zero-order valence-electron chi connectivity index (χ0n) is 9.72. The van der Waals surface area contributed by atoms with Crippen molar-refractivity contribution in [2.45, 2.75) is 0 Å².